The molecule has 0 bridgehead atoms. The van der Waals surface area contributed by atoms with E-state index in [1.54, 1.807) is 0 Å². The first kappa shape index (κ1) is 12.0. The van der Waals surface area contributed by atoms with Crippen molar-refractivity contribution < 1.29 is 13.7 Å². The van der Waals surface area contributed by atoms with Crippen LogP contribution in [0.2, 0.25) is 0 Å². The molecule has 0 radical (unpaired) electrons. The summed E-state index contributed by atoms with van der Waals surface area (Å²) in [6.07, 6.45) is -2.76. The molecular weight excluding hydrogens is 274 g/mol. The number of nitro groups is 1. The molecule has 0 spiro atoms. The highest BCUT2D eigenvalue weighted by atomic mass is 79.9. The summed E-state index contributed by atoms with van der Waals surface area (Å²) < 4.78 is 25.0. The van der Waals surface area contributed by atoms with Gasteiger partial charge in [-0.15, -0.1) is 0 Å². The summed E-state index contributed by atoms with van der Waals surface area (Å²) in [6.45, 7) is 1.42. The van der Waals surface area contributed by atoms with Gasteiger partial charge in [0.05, 0.1) is 10.6 Å². The standard InChI is InChI=1S/C8H7BrF2N2O2/c1-4-7(13(14)15)2-5(8(10)11)6(3-9)12-4/h2,8H,3H2,1H3. The van der Waals surface area contributed by atoms with Gasteiger partial charge in [-0.3, -0.25) is 10.1 Å². The van der Waals surface area contributed by atoms with Crippen molar-refractivity contribution >= 4 is 21.6 Å². The minimum atomic E-state index is -2.76. The third kappa shape index (κ3) is 2.47. The van der Waals surface area contributed by atoms with Crippen LogP contribution in [0.3, 0.4) is 0 Å². The van der Waals surface area contributed by atoms with Crippen molar-refractivity contribution in [1.82, 2.24) is 4.98 Å². The second kappa shape index (κ2) is 4.61. The van der Waals surface area contributed by atoms with Gasteiger partial charge in [0.2, 0.25) is 0 Å². The lowest BCUT2D eigenvalue weighted by molar-refractivity contribution is -0.385. The van der Waals surface area contributed by atoms with Crippen molar-refractivity contribution in [2.75, 3.05) is 0 Å². The normalized spacial score (nSPS) is 10.7. The van der Waals surface area contributed by atoms with Crippen LogP contribution in [0.15, 0.2) is 6.07 Å². The molecule has 0 aliphatic rings. The number of alkyl halides is 3. The number of pyridine rings is 1. The summed E-state index contributed by atoms with van der Waals surface area (Å²) in [5, 5.41) is 10.6. The second-order valence-corrected chi connectivity index (χ2v) is 3.38. The van der Waals surface area contributed by atoms with E-state index in [0.29, 0.717) is 0 Å². The lowest BCUT2D eigenvalue weighted by Crippen LogP contribution is -2.02. The fraction of sp³-hybridized carbons (Fsp3) is 0.375. The minimum absolute atomic E-state index is 0.133. The fourth-order valence-electron chi connectivity index (χ4n) is 1.14. The van der Waals surface area contributed by atoms with Crippen molar-refractivity contribution in [3.05, 3.63) is 33.1 Å². The molecule has 82 valence electrons. The average molecular weight is 281 g/mol. The van der Waals surface area contributed by atoms with Crippen LogP contribution in [-0.4, -0.2) is 9.91 Å². The van der Waals surface area contributed by atoms with E-state index in [1.165, 1.54) is 6.92 Å². The number of aromatic nitrogens is 1. The highest BCUT2D eigenvalue weighted by Crippen LogP contribution is 2.28. The quantitative estimate of drug-likeness (QED) is 0.486. The molecular formula is C8H7BrF2N2O2. The van der Waals surface area contributed by atoms with Crippen LogP contribution >= 0.6 is 15.9 Å². The van der Waals surface area contributed by atoms with Crippen LogP contribution in [0.5, 0.6) is 0 Å². The van der Waals surface area contributed by atoms with Gasteiger partial charge in [0, 0.05) is 17.0 Å². The SMILES string of the molecule is Cc1nc(CBr)c(C(F)F)cc1[N+](=O)[O-]. The molecule has 0 saturated heterocycles. The summed E-state index contributed by atoms with van der Waals surface area (Å²) in [4.78, 5) is 13.6. The molecule has 0 amide bonds. The summed E-state index contributed by atoms with van der Waals surface area (Å²) in [7, 11) is 0. The van der Waals surface area contributed by atoms with Crippen LogP contribution in [0.4, 0.5) is 14.5 Å². The van der Waals surface area contributed by atoms with Crippen LogP contribution in [0.1, 0.15) is 23.4 Å². The Morgan fingerprint density at radius 2 is 2.27 bits per heavy atom. The highest BCUT2D eigenvalue weighted by molar-refractivity contribution is 9.08. The predicted octanol–water partition coefficient (Wildman–Crippen LogP) is 3.13. The Morgan fingerprint density at radius 1 is 1.67 bits per heavy atom. The van der Waals surface area contributed by atoms with Gasteiger partial charge < -0.3 is 0 Å². The van der Waals surface area contributed by atoms with Gasteiger partial charge in [0.1, 0.15) is 5.69 Å². The van der Waals surface area contributed by atoms with Crippen LogP contribution in [0.25, 0.3) is 0 Å². The number of hydrogen-bond donors (Lipinski definition) is 0. The zero-order valence-electron chi connectivity index (χ0n) is 7.71. The summed E-state index contributed by atoms with van der Waals surface area (Å²) in [5.74, 6) is 0. The summed E-state index contributed by atoms with van der Waals surface area (Å²) in [6, 6.07) is 0.879. The number of hydrogen-bond acceptors (Lipinski definition) is 3. The van der Waals surface area contributed by atoms with Crippen molar-refractivity contribution in [1.29, 1.82) is 0 Å². The highest BCUT2D eigenvalue weighted by Gasteiger charge is 2.21. The summed E-state index contributed by atoms with van der Waals surface area (Å²) in [5.41, 5.74) is -0.508. The molecule has 1 aromatic heterocycles. The first-order valence-electron chi connectivity index (χ1n) is 3.96. The van der Waals surface area contributed by atoms with Gasteiger partial charge in [0.15, 0.2) is 0 Å². The van der Waals surface area contributed by atoms with Gasteiger partial charge >= 0.3 is 0 Å². The van der Waals surface area contributed by atoms with E-state index < -0.39 is 16.9 Å². The van der Waals surface area contributed by atoms with Crippen LogP contribution in [0, 0.1) is 17.0 Å². The number of rotatable bonds is 3. The van der Waals surface area contributed by atoms with E-state index in [-0.39, 0.29) is 22.4 Å². The molecule has 0 aliphatic heterocycles. The molecule has 0 atom stereocenters. The number of nitrogens with zero attached hydrogens (tertiary/aromatic N) is 2. The third-order valence-corrected chi connectivity index (χ3v) is 2.39. The smallest absolute Gasteiger partial charge is 0.258 e. The van der Waals surface area contributed by atoms with Crippen molar-refractivity contribution in [2.24, 2.45) is 0 Å². The molecule has 1 heterocycles. The molecule has 0 saturated carbocycles. The fourth-order valence-corrected chi connectivity index (χ4v) is 1.59. The van der Waals surface area contributed by atoms with E-state index in [1.807, 2.05) is 0 Å². The lowest BCUT2D eigenvalue weighted by Gasteiger charge is -2.06. The Labute approximate surface area is 92.6 Å². The predicted molar refractivity (Wildman–Crippen MR) is 53.2 cm³/mol. The first-order chi connectivity index (χ1) is 6.97. The zero-order chi connectivity index (χ0) is 11.6. The lowest BCUT2D eigenvalue weighted by atomic mass is 10.1. The second-order valence-electron chi connectivity index (χ2n) is 2.82. The van der Waals surface area contributed by atoms with E-state index in [0.717, 1.165) is 6.07 Å². The Hall–Kier alpha value is -1.11. The van der Waals surface area contributed by atoms with E-state index >= 15 is 0 Å². The largest absolute Gasteiger partial charge is 0.290 e. The molecule has 0 unspecified atom stereocenters. The molecule has 0 fully saturated rings. The van der Waals surface area contributed by atoms with Crippen molar-refractivity contribution in [2.45, 2.75) is 18.7 Å². The number of aryl methyl sites for hydroxylation is 1. The van der Waals surface area contributed by atoms with Gasteiger partial charge in [0.25, 0.3) is 12.1 Å². The maximum absolute atomic E-state index is 12.5. The van der Waals surface area contributed by atoms with Gasteiger partial charge in [-0.1, -0.05) is 15.9 Å². The van der Waals surface area contributed by atoms with Crippen molar-refractivity contribution in [3.63, 3.8) is 0 Å². The molecule has 7 heteroatoms. The Morgan fingerprint density at radius 3 is 2.67 bits per heavy atom. The average Bonchev–Trinajstić information content (AvgIpc) is 2.16. The van der Waals surface area contributed by atoms with Gasteiger partial charge in [-0.05, 0) is 6.92 Å². The van der Waals surface area contributed by atoms with E-state index in [4.69, 9.17) is 0 Å². The zero-order valence-corrected chi connectivity index (χ0v) is 9.29. The van der Waals surface area contributed by atoms with Crippen molar-refractivity contribution in [3.8, 4) is 0 Å². The molecule has 1 rings (SSSR count). The molecule has 15 heavy (non-hydrogen) atoms. The summed E-state index contributed by atoms with van der Waals surface area (Å²) >= 11 is 3.01. The monoisotopic (exact) mass is 280 g/mol. The van der Waals surface area contributed by atoms with Crippen LogP contribution < -0.4 is 0 Å². The molecule has 0 N–H and O–H groups in total. The molecule has 1 aromatic rings. The Kier molecular flexibility index (Phi) is 3.67. The number of halogens is 3. The van der Waals surface area contributed by atoms with Crippen LogP contribution in [-0.2, 0) is 5.33 Å². The van der Waals surface area contributed by atoms with E-state index in [2.05, 4.69) is 20.9 Å². The Bertz CT molecular complexity index is 398. The minimum Gasteiger partial charge on any atom is -0.258 e. The Balaban J connectivity index is 3.37. The first-order valence-corrected chi connectivity index (χ1v) is 5.08. The maximum Gasteiger partial charge on any atom is 0.290 e. The van der Waals surface area contributed by atoms with Gasteiger partial charge in [-0.2, -0.15) is 0 Å². The topological polar surface area (TPSA) is 56.0 Å². The van der Waals surface area contributed by atoms with E-state index in [9.17, 15) is 18.9 Å². The van der Waals surface area contributed by atoms with Gasteiger partial charge in [-0.25, -0.2) is 13.8 Å². The third-order valence-electron chi connectivity index (χ3n) is 1.86. The molecule has 0 aliphatic carbocycles. The molecule has 4 nitrogen and oxygen atoms in total. The molecule has 0 aromatic carbocycles. The maximum atomic E-state index is 12.5.